The third-order valence-corrected chi connectivity index (χ3v) is 4.37. The molecule has 2 amide bonds. The zero-order valence-electron chi connectivity index (χ0n) is 16.8. The first-order valence-corrected chi connectivity index (χ1v) is 9.33. The number of ether oxygens (including phenoxy) is 1. The largest absolute Gasteiger partial charge is 0.466 e. The van der Waals surface area contributed by atoms with Gasteiger partial charge in [0.25, 0.3) is 5.91 Å². The minimum atomic E-state index is -0.812. The van der Waals surface area contributed by atoms with Crippen LogP contribution < -0.4 is 16.0 Å². The first kappa shape index (κ1) is 22.5. The van der Waals surface area contributed by atoms with E-state index in [1.807, 2.05) is 6.19 Å². The van der Waals surface area contributed by atoms with Crippen LogP contribution in [-0.4, -0.2) is 66.8 Å². The Kier molecular flexibility index (Phi) is 8.03. The van der Waals surface area contributed by atoms with Crippen LogP contribution in [-0.2, 0) is 14.3 Å². The van der Waals surface area contributed by atoms with E-state index >= 15 is 0 Å². The minimum Gasteiger partial charge on any atom is -0.466 e. The summed E-state index contributed by atoms with van der Waals surface area (Å²) >= 11 is 0. The molecule has 10 nitrogen and oxygen atoms in total. The lowest BCUT2D eigenvalue weighted by Gasteiger charge is -2.45. The molecule has 0 bridgehead atoms. The first-order chi connectivity index (χ1) is 14.4. The molecule has 1 fully saturated rings. The van der Waals surface area contributed by atoms with E-state index in [2.05, 4.69) is 21.9 Å². The molecule has 1 aliphatic heterocycles. The van der Waals surface area contributed by atoms with Gasteiger partial charge in [-0.05, 0) is 25.1 Å². The molecular formula is C20H24N6O4. The molecule has 1 aliphatic rings. The Balaban J connectivity index is 1.83. The van der Waals surface area contributed by atoms with Gasteiger partial charge in [-0.2, -0.15) is 10.3 Å². The third kappa shape index (κ3) is 6.12. The maximum absolute atomic E-state index is 12.4. The number of rotatable bonds is 9. The molecule has 0 saturated carbocycles. The number of nitrogens with one attached hydrogen (secondary N) is 3. The van der Waals surface area contributed by atoms with E-state index in [-0.39, 0.29) is 25.7 Å². The summed E-state index contributed by atoms with van der Waals surface area (Å²) in [4.78, 5) is 35.8. The minimum absolute atomic E-state index is 0.0474. The molecule has 3 N–H and O–H groups in total. The van der Waals surface area contributed by atoms with Gasteiger partial charge in [0.05, 0.1) is 26.1 Å². The Hall–Kier alpha value is -3.76. The van der Waals surface area contributed by atoms with Crippen LogP contribution >= 0.6 is 0 Å². The van der Waals surface area contributed by atoms with Crippen LogP contribution in [0, 0.1) is 23.8 Å². The summed E-state index contributed by atoms with van der Waals surface area (Å²) in [7, 11) is 1.78. The fourth-order valence-electron chi connectivity index (χ4n) is 2.72. The Bertz CT molecular complexity index is 875. The molecule has 1 aromatic carbocycles. The van der Waals surface area contributed by atoms with Gasteiger partial charge in [-0.1, -0.05) is 12.0 Å². The average Bonchev–Trinajstić information content (AvgIpc) is 2.74. The number of anilines is 1. The number of benzene rings is 1. The van der Waals surface area contributed by atoms with E-state index in [0.29, 0.717) is 17.8 Å². The summed E-state index contributed by atoms with van der Waals surface area (Å²) in [6.07, 6.45) is 7.17. The zero-order valence-corrected chi connectivity index (χ0v) is 16.8. The number of nitrogens with zero attached hydrogens (tertiary/aromatic N) is 3. The summed E-state index contributed by atoms with van der Waals surface area (Å²) in [6.45, 7) is 2.14. The number of hydrazine groups is 1. The highest BCUT2D eigenvalue weighted by molar-refractivity contribution is 5.97. The van der Waals surface area contributed by atoms with Crippen molar-refractivity contribution in [3.05, 3.63) is 29.8 Å². The van der Waals surface area contributed by atoms with Crippen molar-refractivity contribution in [2.24, 2.45) is 0 Å². The molecule has 1 heterocycles. The maximum atomic E-state index is 12.4. The standard InChI is InChI=1S/C20H24N6O4/c1-4-15(10-19(28)30-5-2)24-18(27)11-22-20(29)14-7-6-8-16(9-14)23-17-12-26(13-21)25(17)3/h1,6-9,15,17,23H,5,10-12H2,2-3H3,(H,22,29)(H,24,27)/t15-,17?/m1/s1. The fourth-order valence-corrected chi connectivity index (χ4v) is 2.72. The van der Waals surface area contributed by atoms with Crippen molar-refractivity contribution in [3.63, 3.8) is 0 Å². The number of hydrogen-bond acceptors (Lipinski definition) is 8. The van der Waals surface area contributed by atoms with E-state index in [1.54, 1.807) is 43.2 Å². The fraction of sp³-hybridized carbons (Fsp3) is 0.400. The van der Waals surface area contributed by atoms with Gasteiger partial charge in [0, 0.05) is 18.3 Å². The SMILES string of the molecule is C#C[C@H](CC(=O)OCC)NC(=O)CNC(=O)c1cccc(NC2CN(C#N)N2C)c1. The Morgan fingerprint density at radius 3 is 2.80 bits per heavy atom. The monoisotopic (exact) mass is 412 g/mol. The first-order valence-electron chi connectivity index (χ1n) is 9.33. The van der Waals surface area contributed by atoms with Gasteiger partial charge < -0.3 is 20.7 Å². The second kappa shape index (κ2) is 10.7. The third-order valence-electron chi connectivity index (χ3n) is 4.37. The molecule has 2 atom stereocenters. The van der Waals surface area contributed by atoms with Crippen LogP contribution in [0.3, 0.4) is 0 Å². The number of hydrogen-bond donors (Lipinski definition) is 3. The van der Waals surface area contributed by atoms with E-state index in [4.69, 9.17) is 16.4 Å². The van der Waals surface area contributed by atoms with Gasteiger partial charge in [0.2, 0.25) is 5.91 Å². The highest BCUT2D eigenvalue weighted by Crippen LogP contribution is 2.19. The predicted octanol–water partition coefficient (Wildman–Crippen LogP) is -0.131. The van der Waals surface area contributed by atoms with Crippen molar-refractivity contribution < 1.29 is 19.1 Å². The molecule has 1 unspecified atom stereocenters. The normalized spacial score (nSPS) is 16.3. The van der Waals surface area contributed by atoms with Crippen LogP contribution in [0.15, 0.2) is 24.3 Å². The maximum Gasteiger partial charge on any atom is 0.308 e. The molecule has 2 rings (SSSR count). The van der Waals surface area contributed by atoms with Crippen molar-refractivity contribution in [1.29, 1.82) is 5.26 Å². The van der Waals surface area contributed by atoms with Crippen molar-refractivity contribution in [3.8, 4) is 18.5 Å². The van der Waals surface area contributed by atoms with Crippen LogP contribution in [0.5, 0.6) is 0 Å². The molecule has 0 radical (unpaired) electrons. The molecule has 10 heteroatoms. The lowest BCUT2D eigenvalue weighted by molar-refractivity contribution is -0.143. The zero-order chi connectivity index (χ0) is 22.1. The number of terminal acetylenes is 1. The van der Waals surface area contributed by atoms with Gasteiger partial charge in [0.1, 0.15) is 12.2 Å². The van der Waals surface area contributed by atoms with Gasteiger partial charge in [-0.25, -0.2) is 5.01 Å². The number of nitriles is 1. The van der Waals surface area contributed by atoms with Crippen LogP contribution in [0.4, 0.5) is 5.69 Å². The molecule has 1 aromatic rings. The molecule has 0 aromatic heterocycles. The van der Waals surface area contributed by atoms with Gasteiger partial charge in [-0.3, -0.25) is 14.4 Å². The predicted molar refractivity (Wildman–Crippen MR) is 108 cm³/mol. The number of likely N-dealkylation sites (N-methyl/N-ethyl adjacent to an activating group) is 1. The number of esters is 1. The lowest BCUT2D eigenvalue weighted by Crippen LogP contribution is -2.63. The number of carbonyl (C=O) groups excluding carboxylic acids is 3. The quantitative estimate of drug-likeness (QED) is 0.291. The molecule has 1 saturated heterocycles. The highest BCUT2D eigenvalue weighted by Gasteiger charge is 2.32. The molecule has 0 spiro atoms. The van der Waals surface area contributed by atoms with Crippen molar-refractivity contribution >= 4 is 23.5 Å². The molecule has 158 valence electrons. The summed E-state index contributed by atoms with van der Waals surface area (Å²) in [5, 5.41) is 20.4. The lowest BCUT2D eigenvalue weighted by atomic mass is 10.1. The van der Waals surface area contributed by atoms with Gasteiger partial charge in [-0.15, -0.1) is 6.42 Å². The van der Waals surface area contributed by atoms with Gasteiger partial charge >= 0.3 is 5.97 Å². The second-order valence-corrected chi connectivity index (χ2v) is 6.48. The van der Waals surface area contributed by atoms with Gasteiger partial charge in [0.15, 0.2) is 6.19 Å². The van der Waals surface area contributed by atoms with E-state index < -0.39 is 23.8 Å². The van der Waals surface area contributed by atoms with Crippen molar-refractivity contribution in [2.75, 3.05) is 32.1 Å². The summed E-state index contributed by atoms with van der Waals surface area (Å²) in [6, 6.07) is 5.98. The summed E-state index contributed by atoms with van der Waals surface area (Å²) in [5.41, 5.74) is 1.08. The number of carbonyl (C=O) groups is 3. The Morgan fingerprint density at radius 2 is 2.17 bits per heavy atom. The Morgan fingerprint density at radius 1 is 1.40 bits per heavy atom. The van der Waals surface area contributed by atoms with Crippen LogP contribution in [0.25, 0.3) is 0 Å². The summed E-state index contributed by atoms with van der Waals surface area (Å²) < 4.78 is 4.80. The van der Waals surface area contributed by atoms with Crippen molar-refractivity contribution in [2.45, 2.75) is 25.6 Å². The summed E-state index contributed by atoms with van der Waals surface area (Å²) in [5.74, 6) is 0.848. The van der Waals surface area contributed by atoms with E-state index in [9.17, 15) is 14.4 Å². The van der Waals surface area contributed by atoms with E-state index in [1.165, 1.54) is 5.01 Å². The van der Waals surface area contributed by atoms with Crippen molar-refractivity contribution in [1.82, 2.24) is 20.7 Å². The topological polar surface area (TPSA) is 127 Å². The smallest absolute Gasteiger partial charge is 0.308 e. The Labute approximate surface area is 175 Å². The van der Waals surface area contributed by atoms with Crippen LogP contribution in [0.1, 0.15) is 23.7 Å². The second-order valence-electron chi connectivity index (χ2n) is 6.48. The molecular weight excluding hydrogens is 388 g/mol. The average molecular weight is 412 g/mol. The number of amides is 2. The highest BCUT2D eigenvalue weighted by atomic mass is 16.5. The molecule has 0 aliphatic carbocycles. The van der Waals surface area contributed by atoms with Crippen LogP contribution in [0.2, 0.25) is 0 Å². The van der Waals surface area contributed by atoms with E-state index in [0.717, 1.165) is 0 Å². The molecule has 30 heavy (non-hydrogen) atoms.